The van der Waals surface area contributed by atoms with Crippen LogP contribution in [0.5, 0.6) is 11.6 Å². The Bertz CT molecular complexity index is 1530. The second-order valence-electron chi connectivity index (χ2n) is 11.9. The number of fused-ring (bicyclic) bond motifs is 5. The van der Waals surface area contributed by atoms with Crippen LogP contribution in [0.3, 0.4) is 0 Å². The second kappa shape index (κ2) is 9.06. The maximum absolute atomic E-state index is 9.97. The molecule has 2 aromatic heterocycles. The van der Waals surface area contributed by atoms with Crippen LogP contribution in [0.1, 0.15) is 44.1 Å². The highest BCUT2D eigenvalue weighted by atomic mass is 16.5. The van der Waals surface area contributed by atoms with Gasteiger partial charge in [0.15, 0.2) is 11.2 Å². The van der Waals surface area contributed by atoms with E-state index >= 15 is 0 Å². The molecule has 9 heteroatoms. The fraction of sp³-hybridized carbons (Fsp3) is 0.500. The highest BCUT2D eigenvalue weighted by Gasteiger charge is 2.45. The molecule has 2 bridgehead atoms. The molecule has 0 spiro atoms. The SMILES string of the molecule is Oc1ccc2c(Cn3cnc4c(OCC56CCCN5CCC6)nc(N5C[C@H]6CC[C@@H](C5)N6)nc43)cccc2c1. The van der Waals surface area contributed by atoms with Gasteiger partial charge in [-0.25, -0.2) is 4.98 Å². The summed E-state index contributed by atoms with van der Waals surface area (Å²) in [6.07, 6.45) is 9.16. The number of nitrogens with one attached hydrogen (secondary N) is 1. The van der Waals surface area contributed by atoms with Gasteiger partial charge >= 0.3 is 0 Å². The van der Waals surface area contributed by atoms with Crippen LogP contribution in [-0.2, 0) is 6.54 Å². The zero-order valence-electron chi connectivity index (χ0n) is 22.2. The van der Waals surface area contributed by atoms with Crippen molar-refractivity contribution in [3.05, 3.63) is 48.3 Å². The number of anilines is 1. The minimum absolute atomic E-state index is 0.142. The number of benzene rings is 2. The third-order valence-electron chi connectivity index (χ3n) is 9.50. The fourth-order valence-corrected chi connectivity index (χ4v) is 7.55. The van der Waals surface area contributed by atoms with Crippen LogP contribution in [0, 0.1) is 0 Å². The summed E-state index contributed by atoms with van der Waals surface area (Å²) in [7, 11) is 0. The van der Waals surface area contributed by atoms with Gasteiger partial charge in [0.25, 0.3) is 0 Å². The molecular formula is C30H35N7O2. The minimum atomic E-state index is 0.142. The number of imidazole rings is 1. The van der Waals surface area contributed by atoms with Crippen molar-refractivity contribution in [1.29, 1.82) is 0 Å². The highest BCUT2D eigenvalue weighted by Crippen LogP contribution is 2.39. The predicted octanol–water partition coefficient (Wildman–Crippen LogP) is 3.68. The van der Waals surface area contributed by atoms with Gasteiger partial charge in [-0.3, -0.25) is 4.90 Å². The van der Waals surface area contributed by atoms with E-state index in [1.165, 1.54) is 51.6 Å². The lowest BCUT2D eigenvalue weighted by Gasteiger charge is -2.33. The number of aromatic nitrogens is 4. The maximum atomic E-state index is 9.97. The molecule has 4 saturated heterocycles. The van der Waals surface area contributed by atoms with Gasteiger partial charge < -0.3 is 24.6 Å². The van der Waals surface area contributed by atoms with E-state index in [-0.39, 0.29) is 11.3 Å². The number of ether oxygens (including phenoxy) is 1. The molecule has 39 heavy (non-hydrogen) atoms. The van der Waals surface area contributed by atoms with Crippen LogP contribution < -0.4 is 15.0 Å². The van der Waals surface area contributed by atoms with Crippen molar-refractivity contribution < 1.29 is 9.84 Å². The third-order valence-corrected chi connectivity index (χ3v) is 9.50. The molecule has 0 radical (unpaired) electrons. The lowest BCUT2D eigenvalue weighted by molar-refractivity contribution is 0.111. The number of piperazine rings is 1. The first kappa shape index (κ1) is 23.5. The topological polar surface area (TPSA) is 91.6 Å². The molecule has 0 aliphatic carbocycles. The van der Waals surface area contributed by atoms with Gasteiger partial charge in [0.2, 0.25) is 11.8 Å². The summed E-state index contributed by atoms with van der Waals surface area (Å²) in [5, 5.41) is 15.8. The molecule has 9 nitrogen and oxygen atoms in total. The van der Waals surface area contributed by atoms with E-state index in [1.807, 2.05) is 30.6 Å². The third kappa shape index (κ3) is 4.02. The first-order valence-electron chi connectivity index (χ1n) is 14.5. The van der Waals surface area contributed by atoms with Crippen molar-refractivity contribution in [2.45, 2.75) is 62.7 Å². The fourth-order valence-electron chi connectivity index (χ4n) is 7.55. The molecule has 2 aromatic carbocycles. The van der Waals surface area contributed by atoms with Gasteiger partial charge in [0.1, 0.15) is 12.4 Å². The average molecular weight is 526 g/mol. The summed E-state index contributed by atoms with van der Waals surface area (Å²) in [6.45, 7) is 5.47. The quantitative estimate of drug-likeness (QED) is 0.394. The van der Waals surface area contributed by atoms with Crippen LogP contribution in [0.2, 0.25) is 0 Å². The molecule has 4 aliphatic rings. The van der Waals surface area contributed by atoms with Crippen molar-refractivity contribution in [1.82, 2.24) is 29.7 Å². The monoisotopic (exact) mass is 525 g/mol. The highest BCUT2D eigenvalue weighted by molar-refractivity contribution is 5.87. The van der Waals surface area contributed by atoms with Crippen molar-refractivity contribution in [2.75, 3.05) is 37.7 Å². The van der Waals surface area contributed by atoms with Gasteiger partial charge in [0.05, 0.1) is 18.4 Å². The Balaban J connectivity index is 1.18. The molecule has 4 aliphatic heterocycles. The van der Waals surface area contributed by atoms with Gasteiger partial charge in [-0.05, 0) is 80.1 Å². The number of hydrogen-bond donors (Lipinski definition) is 2. The van der Waals surface area contributed by atoms with E-state index in [4.69, 9.17) is 19.7 Å². The number of aromatic hydroxyl groups is 1. The van der Waals surface area contributed by atoms with Crippen molar-refractivity contribution in [3.63, 3.8) is 0 Å². The summed E-state index contributed by atoms with van der Waals surface area (Å²) in [5.41, 5.74) is 2.83. The largest absolute Gasteiger partial charge is 0.508 e. The van der Waals surface area contributed by atoms with E-state index in [0.29, 0.717) is 31.1 Å². The van der Waals surface area contributed by atoms with Crippen LogP contribution in [0.15, 0.2) is 42.7 Å². The Kier molecular flexibility index (Phi) is 5.45. The molecule has 4 aromatic rings. The Morgan fingerprint density at radius 3 is 2.67 bits per heavy atom. The Labute approximate surface area is 227 Å². The first-order chi connectivity index (χ1) is 19.1. The van der Waals surface area contributed by atoms with E-state index in [9.17, 15) is 5.11 Å². The summed E-state index contributed by atoms with van der Waals surface area (Å²) < 4.78 is 8.73. The predicted molar refractivity (Wildman–Crippen MR) is 150 cm³/mol. The zero-order valence-corrected chi connectivity index (χ0v) is 22.2. The van der Waals surface area contributed by atoms with Crippen LogP contribution >= 0.6 is 0 Å². The Morgan fingerprint density at radius 1 is 1.03 bits per heavy atom. The molecular weight excluding hydrogens is 490 g/mol. The molecule has 8 rings (SSSR count). The second-order valence-corrected chi connectivity index (χ2v) is 11.9. The van der Waals surface area contributed by atoms with Crippen LogP contribution in [0.25, 0.3) is 21.9 Å². The van der Waals surface area contributed by atoms with E-state index in [1.54, 1.807) is 6.07 Å². The molecule has 2 atom stereocenters. The Morgan fingerprint density at radius 2 is 1.85 bits per heavy atom. The van der Waals surface area contributed by atoms with Crippen molar-refractivity contribution >= 4 is 27.9 Å². The first-order valence-corrected chi connectivity index (χ1v) is 14.5. The summed E-state index contributed by atoms with van der Waals surface area (Å²) in [4.78, 5) is 19.9. The molecule has 2 N–H and O–H groups in total. The Hall–Kier alpha value is -3.43. The molecule has 0 amide bonds. The van der Waals surface area contributed by atoms with Crippen molar-refractivity contribution in [2.24, 2.45) is 0 Å². The van der Waals surface area contributed by atoms with Gasteiger partial charge in [-0.1, -0.05) is 24.3 Å². The standard InChI is InChI=1S/C30H35N7O2/c38-24-8-9-25-20(14-24)4-1-5-21(25)15-36-19-31-26-27(36)33-29(35-16-22-6-7-23(17-35)32-22)34-28(26)39-18-30-10-2-12-37(30)13-3-11-30/h1,4-5,8-9,14,19,22-23,32,38H,2-3,6-7,10-13,15-18H2/t22-,23+. The van der Waals surface area contributed by atoms with Gasteiger partial charge in [-0.2, -0.15) is 9.97 Å². The average Bonchev–Trinajstić information content (AvgIpc) is 3.71. The van der Waals surface area contributed by atoms with E-state index in [2.05, 4.69) is 25.8 Å². The van der Waals surface area contributed by atoms with E-state index in [0.717, 1.165) is 46.5 Å². The number of hydrogen-bond acceptors (Lipinski definition) is 8. The smallest absolute Gasteiger partial charge is 0.247 e. The molecule has 202 valence electrons. The number of nitrogens with zero attached hydrogens (tertiary/aromatic N) is 6. The molecule has 0 unspecified atom stereocenters. The van der Waals surface area contributed by atoms with Crippen molar-refractivity contribution in [3.8, 4) is 11.6 Å². The zero-order chi connectivity index (χ0) is 26.0. The molecule has 0 saturated carbocycles. The van der Waals surface area contributed by atoms with Crippen LogP contribution in [0.4, 0.5) is 5.95 Å². The lowest BCUT2D eigenvalue weighted by atomic mass is 9.95. The van der Waals surface area contributed by atoms with Gasteiger partial charge in [0, 0.05) is 25.2 Å². The molecule has 6 heterocycles. The normalized spacial score (nSPS) is 24.2. The number of phenols is 1. The number of phenolic OH excluding ortho intramolecular Hbond substituents is 1. The lowest BCUT2D eigenvalue weighted by Crippen LogP contribution is -2.51. The van der Waals surface area contributed by atoms with Gasteiger partial charge in [-0.15, -0.1) is 0 Å². The summed E-state index contributed by atoms with van der Waals surface area (Å²) >= 11 is 0. The maximum Gasteiger partial charge on any atom is 0.247 e. The van der Waals surface area contributed by atoms with Crippen LogP contribution in [-0.4, -0.2) is 79.9 Å². The summed E-state index contributed by atoms with van der Waals surface area (Å²) in [5.74, 6) is 1.63. The molecule has 4 fully saturated rings. The number of rotatable bonds is 6. The minimum Gasteiger partial charge on any atom is -0.508 e. The van der Waals surface area contributed by atoms with E-state index < -0.39 is 0 Å². The summed E-state index contributed by atoms with van der Waals surface area (Å²) in [6, 6.07) is 12.7.